The highest BCUT2D eigenvalue weighted by Gasteiger charge is 2.24. The molecule has 1 aromatic carbocycles. The number of carbonyl (C=O) groups excluding carboxylic acids is 1. The number of primary amides is 1. The summed E-state index contributed by atoms with van der Waals surface area (Å²) in [6.07, 6.45) is 9.92. The number of nitrogens with one attached hydrogen (secondary N) is 1. The van der Waals surface area contributed by atoms with Gasteiger partial charge in [0.15, 0.2) is 17.8 Å². The molecule has 7 nitrogen and oxygen atoms in total. The van der Waals surface area contributed by atoms with E-state index in [1.807, 2.05) is 56.6 Å². The van der Waals surface area contributed by atoms with Gasteiger partial charge < -0.3 is 25.6 Å². The molecule has 0 saturated heterocycles. The Morgan fingerprint density at radius 2 is 1.85 bits per heavy atom. The van der Waals surface area contributed by atoms with E-state index in [2.05, 4.69) is 71.2 Å². The van der Waals surface area contributed by atoms with Gasteiger partial charge in [0.05, 0.1) is 5.69 Å². The first kappa shape index (κ1) is 25.7. The molecule has 1 aromatic heterocycles. The molecule has 0 spiro atoms. The van der Waals surface area contributed by atoms with Gasteiger partial charge in [0, 0.05) is 31.9 Å². The van der Waals surface area contributed by atoms with E-state index in [-0.39, 0.29) is 12.6 Å². The van der Waals surface area contributed by atoms with Crippen LogP contribution in [0, 0.1) is 0 Å². The lowest BCUT2D eigenvalue weighted by molar-refractivity contribution is -0.106. The third kappa shape index (κ3) is 8.46. The molecule has 0 bridgehead atoms. The number of carbonyl (C=O) groups is 1. The Morgan fingerprint density at radius 3 is 2.48 bits per heavy atom. The molecule has 0 fully saturated rings. The first-order valence-corrected chi connectivity index (χ1v) is 10.8. The van der Waals surface area contributed by atoms with E-state index < -0.39 is 0 Å². The quantitative estimate of drug-likeness (QED) is 0.684. The molecule has 1 aliphatic heterocycles. The zero-order valence-corrected chi connectivity index (χ0v) is 20.2. The Bertz CT molecular complexity index is 981. The van der Waals surface area contributed by atoms with Gasteiger partial charge in [-0.15, -0.1) is 0 Å². The summed E-state index contributed by atoms with van der Waals surface area (Å²) < 4.78 is 5.87. The van der Waals surface area contributed by atoms with E-state index in [1.54, 1.807) is 0 Å². The molecule has 1 amide bonds. The van der Waals surface area contributed by atoms with E-state index in [4.69, 9.17) is 9.53 Å². The zero-order valence-electron chi connectivity index (χ0n) is 20.2. The number of fused-ring (bicyclic) bond motifs is 1. The molecule has 1 unspecified atom stereocenters. The SMILES string of the molecule is CC1=CC(N(C)C)=CCC=C1.CN(C)Cc1ccc2c(n1)NC(c1ccccc1)O2.NC=O. The van der Waals surface area contributed by atoms with Gasteiger partial charge in [0.25, 0.3) is 0 Å². The van der Waals surface area contributed by atoms with Crippen LogP contribution in [0.5, 0.6) is 5.75 Å². The van der Waals surface area contributed by atoms with Crippen molar-refractivity contribution in [1.82, 2.24) is 14.8 Å². The number of amides is 1. The summed E-state index contributed by atoms with van der Waals surface area (Å²) in [4.78, 5) is 17.4. The molecule has 176 valence electrons. The smallest absolute Gasteiger partial charge is 0.204 e. The summed E-state index contributed by atoms with van der Waals surface area (Å²) in [5, 5.41) is 3.31. The van der Waals surface area contributed by atoms with E-state index in [0.717, 1.165) is 35.8 Å². The number of likely N-dealkylation sites (N-methyl/N-ethyl adjacent to an activating group) is 1. The van der Waals surface area contributed by atoms with E-state index >= 15 is 0 Å². The van der Waals surface area contributed by atoms with Crippen molar-refractivity contribution in [1.29, 1.82) is 0 Å². The van der Waals surface area contributed by atoms with Crippen LogP contribution < -0.4 is 15.8 Å². The topological polar surface area (TPSA) is 83.7 Å². The number of nitrogens with two attached hydrogens (primary N) is 1. The summed E-state index contributed by atoms with van der Waals surface area (Å²) in [6.45, 7) is 2.95. The molecule has 1 aliphatic carbocycles. The van der Waals surface area contributed by atoms with Crippen molar-refractivity contribution in [3.05, 3.63) is 89.3 Å². The lowest BCUT2D eigenvalue weighted by Crippen LogP contribution is -2.12. The molecule has 2 heterocycles. The number of hydrogen-bond acceptors (Lipinski definition) is 6. The second-order valence-corrected chi connectivity index (χ2v) is 8.13. The lowest BCUT2D eigenvalue weighted by atomic mass is 10.2. The van der Waals surface area contributed by atoms with Gasteiger partial charge in [-0.2, -0.15) is 0 Å². The maximum absolute atomic E-state index is 8.58. The Hall–Kier alpha value is -3.58. The van der Waals surface area contributed by atoms with Crippen LogP contribution in [-0.2, 0) is 11.3 Å². The number of anilines is 1. The van der Waals surface area contributed by atoms with Crippen molar-refractivity contribution in [2.75, 3.05) is 33.5 Å². The highest BCUT2D eigenvalue weighted by Crippen LogP contribution is 2.36. The Kier molecular flexibility index (Phi) is 10.2. The van der Waals surface area contributed by atoms with Crippen molar-refractivity contribution in [2.45, 2.75) is 26.1 Å². The van der Waals surface area contributed by atoms with Crippen molar-refractivity contribution in [3.63, 3.8) is 0 Å². The maximum Gasteiger partial charge on any atom is 0.204 e. The number of hydrogen-bond donors (Lipinski definition) is 2. The summed E-state index contributed by atoms with van der Waals surface area (Å²) in [7, 11) is 8.21. The fourth-order valence-electron chi connectivity index (χ4n) is 3.25. The second kappa shape index (κ2) is 13.1. The molecule has 33 heavy (non-hydrogen) atoms. The fourth-order valence-corrected chi connectivity index (χ4v) is 3.25. The number of rotatable bonds is 4. The zero-order chi connectivity index (χ0) is 24.2. The van der Waals surface area contributed by atoms with E-state index in [1.165, 1.54) is 11.3 Å². The van der Waals surface area contributed by atoms with Crippen LogP contribution in [0.3, 0.4) is 0 Å². The number of pyridine rings is 1. The first-order chi connectivity index (χ1) is 15.8. The summed E-state index contributed by atoms with van der Waals surface area (Å²) in [5.41, 5.74) is 8.93. The highest BCUT2D eigenvalue weighted by molar-refractivity contribution is 5.55. The van der Waals surface area contributed by atoms with E-state index in [9.17, 15) is 0 Å². The van der Waals surface area contributed by atoms with Crippen molar-refractivity contribution in [3.8, 4) is 5.75 Å². The third-order valence-corrected chi connectivity index (χ3v) is 4.74. The van der Waals surface area contributed by atoms with Crippen LogP contribution >= 0.6 is 0 Å². The molecule has 0 saturated carbocycles. The highest BCUT2D eigenvalue weighted by atomic mass is 16.5. The minimum absolute atomic E-state index is 0.140. The van der Waals surface area contributed by atoms with Crippen LogP contribution in [0.1, 0.15) is 30.8 Å². The molecule has 0 radical (unpaired) electrons. The van der Waals surface area contributed by atoms with Gasteiger partial charge in [0.2, 0.25) is 6.41 Å². The number of benzene rings is 1. The minimum atomic E-state index is -0.140. The molecule has 4 rings (SSSR count). The predicted octanol–water partition coefficient (Wildman–Crippen LogP) is 4.09. The molecule has 7 heteroatoms. The molecular weight excluding hydrogens is 414 g/mol. The molecule has 1 atom stereocenters. The lowest BCUT2D eigenvalue weighted by Gasteiger charge is -2.13. The Balaban J connectivity index is 0.000000234. The second-order valence-electron chi connectivity index (χ2n) is 8.13. The molecule has 3 N–H and O–H groups in total. The van der Waals surface area contributed by atoms with Gasteiger partial charge in [-0.05, 0) is 51.2 Å². The minimum Gasteiger partial charge on any atom is -0.463 e. The number of nitrogens with zero attached hydrogens (tertiary/aromatic N) is 3. The van der Waals surface area contributed by atoms with Crippen LogP contribution in [0.15, 0.2) is 78.0 Å². The Labute approximate surface area is 197 Å². The van der Waals surface area contributed by atoms with Crippen LogP contribution in [0.25, 0.3) is 0 Å². The molecule has 2 aromatic rings. The number of aromatic nitrogens is 1. The number of allylic oxidation sites excluding steroid dienone is 5. The molecule has 2 aliphatic rings. The van der Waals surface area contributed by atoms with Gasteiger partial charge >= 0.3 is 0 Å². The number of ether oxygens (including phenoxy) is 1. The van der Waals surface area contributed by atoms with Gasteiger partial charge in [-0.25, -0.2) is 4.98 Å². The van der Waals surface area contributed by atoms with Crippen molar-refractivity contribution < 1.29 is 9.53 Å². The monoisotopic (exact) mass is 449 g/mol. The van der Waals surface area contributed by atoms with Gasteiger partial charge in [0.1, 0.15) is 0 Å². The fraction of sp³-hybridized carbons (Fsp3) is 0.308. The van der Waals surface area contributed by atoms with E-state index in [0.29, 0.717) is 0 Å². The normalized spacial score (nSPS) is 15.8. The van der Waals surface area contributed by atoms with Crippen molar-refractivity contribution >= 4 is 12.2 Å². The summed E-state index contributed by atoms with van der Waals surface area (Å²) >= 11 is 0. The van der Waals surface area contributed by atoms with Crippen LogP contribution in [0.2, 0.25) is 0 Å². The average molecular weight is 450 g/mol. The average Bonchev–Trinajstić information content (AvgIpc) is 3.07. The largest absolute Gasteiger partial charge is 0.463 e. The Morgan fingerprint density at radius 1 is 1.15 bits per heavy atom. The standard InChI is InChI=1S/C15H17N3O.C10H15N.CH3NO/c1-18(2)10-12-8-9-13-14(16-12)17-15(19-13)11-6-4-3-5-7-11;1-9-6-4-5-7-10(8-9)11(2)3;2-1-3/h3-9,15H,10H2,1-2H3,(H,16,17);4,6-8H,5H2,1-3H3;1H,(H2,2,3). The third-order valence-electron chi connectivity index (χ3n) is 4.74. The molecular formula is C26H35N5O2. The first-order valence-electron chi connectivity index (χ1n) is 10.8. The predicted molar refractivity (Wildman–Crippen MR) is 135 cm³/mol. The summed E-state index contributed by atoms with van der Waals surface area (Å²) in [5.74, 6) is 1.64. The van der Waals surface area contributed by atoms with Crippen LogP contribution in [0.4, 0.5) is 5.82 Å². The van der Waals surface area contributed by atoms with Crippen LogP contribution in [-0.4, -0.2) is 49.4 Å². The van der Waals surface area contributed by atoms with Gasteiger partial charge in [-0.1, -0.05) is 48.6 Å². The summed E-state index contributed by atoms with van der Waals surface area (Å²) in [6, 6.07) is 14.1. The van der Waals surface area contributed by atoms with Gasteiger partial charge in [-0.3, -0.25) is 4.79 Å². The maximum atomic E-state index is 8.58. The van der Waals surface area contributed by atoms with Crippen molar-refractivity contribution in [2.24, 2.45) is 5.73 Å².